The van der Waals surface area contributed by atoms with E-state index in [1.54, 1.807) is 12.1 Å². The van der Waals surface area contributed by atoms with Crippen LogP contribution in [-0.4, -0.2) is 20.6 Å². The first-order chi connectivity index (χ1) is 8.88. The quantitative estimate of drug-likeness (QED) is 0.836. The second-order valence-corrected chi connectivity index (χ2v) is 4.31. The Bertz CT molecular complexity index is 719. The molecule has 0 radical (unpaired) electrons. The lowest BCUT2D eigenvalue weighted by molar-refractivity contribution is 0.0689. The number of nitrogens with zero attached hydrogens (tertiary/aromatic N) is 1. The Labute approximate surface area is 108 Å². The molecule has 0 unspecified atom stereocenters. The van der Waals surface area contributed by atoms with Gasteiger partial charge in [-0.15, -0.1) is 0 Å². The number of carboxylic acids is 1. The van der Waals surface area contributed by atoms with E-state index in [1.807, 2.05) is 19.9 Å². The molecule has 6 heteroatoms. The van der Waals surface area contributed by atoms with E-state index in [1.165, 1.54) is 0 Å². The lowest BCUT2D eigenvalue weighted by Gasteiger charge is -2.07. The Morgan fingerprint density at radius 1 is 1.11 bits per heavy atom. The molecule has 0 amide bonds. The molecule has 6 nitrogen and oxygen atoms in total. The van der Waals surface area contributed by atoms with Crippen molar-refractivity contribution in [3.8, 4) is 5.69 Å². The predicted octanol–water partition coefficient (Wildman–Crippen LogP) is 0.841. The number of carbonyl (C=O) groups is 1. The molecule has 0 spiro atoms. The summed E-state index contributed by atoms with van der Waals surface area (Å²) in [4.78, 5) is 36.6. The maximum absolute atomic E-state index is 11.9. The third-order valence-corrected chi connectivity index (χ3v) is 2.63. The third kappa shape index (κ3) is 2.47. The van der Waals surface area contributed by atoms with Gasteiger partial charge in [0.2, 0.25) is 0 Å². The van der Waals surface area contributed by atoms with Gasteiger partial charge in [-0.3, -0.25) is 4.79 Å². The van der Waals surface area contributed by atoms with E-state index in [9.17, 15) is 14.4 Å². The summed E-state index contributed by atoms with van der Waals surface area (Å²) in [5.74, 6) is -1.35. The number of aromatic amines is 1. The second-order valence-electron chi connectivity index (χ2n) is 4.31. The van der Waals surface area contributed by atoms with E-state index >= 15 is 0 Å². The van der Waals surface area contributed by atoms with E-state index in [-0.39, 0.29) is 0 Å². The van der Waals surface area contributed by atoms with Gasteiger partial charge in [0.1, 0.15) is 5.69 Å². The monoisotopic (exact) mass is 260 g/mol. The lowest BCUT2D eigenvalue weighted by Crippen LogP contribution is -2.35. The number of aromatic nitrogens is 2. The average Bonchev–Trinajstić information content (AvgIpc) is 2.26. The van der Waals surface area contributed by atoms with Crippen LogP contribution in [-0.2, 0) is 0 Å². The number of hydrogen-bond donors (Lipinski definition) is 2. The van der Waals surface area contributed by atoms with Gasteiger partial charge < -0.3 is 10.1 Å². The fourth-order valence-corrected chi connectivity index (χ4v) is 1.93. The summed E-state index contributed by atoms with van der Waals surface area (Å²) < 4.78 is 0.909. The maximum Gasteiger partial charge on any atom is 0.352 e. The van der Waals surface area contributed by atoms with Crippen LogP contribution in [0.4, 0.5) is 0 Å². The molecule has 2 N–H and O–H groups in total. The zero-order valence-electron chi connectivity index (χ0n) is 10.4. The van der Waals surface area contributed by atoms with Crippen LogP contribution >= 0.6 is 0 Å². The van der Waals surface area contributed by atoms with E-state index in [0.717, 1.165) is 21.8 Å². The van der Waals surface area contributed by atoms with Crippen molar-refractivity contribution in [2.75, 3.05) is 0 Å². The smallest absolute Gasteiger partial charge is 0.352 e. The average molecular weight is 260 g/mol. The first-order valence-corrected chi connectivity index (χ1v) is 5.57. The van der Waals surface area contributed by atoms with Gasteiger partial charge >= 0.3 is 11.7 Å². The number of hydrogen-bond acceptors (Lipinski definition) is 3. The topological polar surface area (TPSA) is 92.2 Å². The van der Waals surface area contributed by atoms with Crippen LogP contribution in [0.1, 0.15) is 21.6 Å². The highest BCUT2D eigenvalue weighted by molar-refractivity contribution is 5.84. The number of nitrogens with one attached hydrogen (secondary N) is 1. The highest BCUT2D eigenvalue weighted by Gasteiger charge is 2.11. The summed E-state index contributed by atoms with van der Waals surface area (Å²) in [5.41, 5.74) is 0.365. The van der Waals surface area contributed by atoms with E-state index in [2.05, 4.69) is 4.98 Å². The molecule has 1 aromatic heterocycles. The van der Waals surface area contributed by atoms with Crippen molar-refractivity contribution in [1.82, 2.24) is 9.55 Å². The van der Waals surface area contributed by atoms with Gasteiger partial charge in [0, 0.05) is 6.07 Å². The van der Waals surface area contributed by atoms with Gasteiger partial charge in [-0.05, 0) is 37.1 Å². The van der Waals surface area contributed by atoms with Crippen LogP contribution in [0.5, 0.6) is 0 Å². The molecule has 0 saturated carbocycles. The van der Waals surface area contributed by atoms with Crippen molar-refractivity contribution >= 4 is 5.97 Å². The van der Waals surface area contributed by atoms with Gasteiger partial charge in [0.15, 0.2) is 0 Å². The second kappa shape index (κ2) is 4.56. The number of aryl methyl sites for hydroxylation is 2. The molecule has 2 rings (SSSR count). The number of aromatic carboxylic acids is 1. The fraction of sp³-hybridized carbons (Fsp3) is 0.154. The normalized spacial score (nSPS) is 10.4. The molecule has 0 aliphatic heterocycles. The van der Waals surface area contributed by atoms with Crippen LogP contribution in [0.2, 0.25) is 0 Å². The minimum Gasteiger partial charge on any atom is -0.477 e. The summed E-state index contributed by atoms with van der Waals surface area (Å²) in [6.45, 7) is 3.70. The molecule has 1 aromatic carbocycles. The lowest BCUT2D eigenvalue weighted by atomic mass is 10.1. The molecule has 0 saturated heterocycles. The van der Waals surface area contributed by atoms with E-state index in [4.69, 9.17) is 5.11 Å². The molecule has 0 atom stereocenters. The van der Waals surface area contributed by atoms with E-state index < -0.39 is 22.9 Å². The predicted molar refractivity (Wildman–Crippen MR) is 69.1 cm³/mol. The molecular formula is C13H12N2O4. The highest BCUT2D eigenvalue weighted by Crippen LogP contribution is 2.10. The van der Waals surface area contributed by atoms with Gasteiger partial charge in [-0.1, -0.05) is 6.07 Å². The number of H-pyrrole nitrogens is 1. The van der Waals surface area contributed by atoms with Gasteiger partial charge in [-0.2, -0.15) is 0 Å². The summed E-state index contributed by atoms with van der Waals surface area (Å²) >= 11 is 0. The van der Waals surface area contributed by atoms with Crippen LogP contribution < -0.4 is 11.2 Å². The van der Waals surface area contributed by atoms with Gasteiger partial charge in [0.25, 0.3) is 5.56 Å². The Balaban J connectivity index is 2.73. The first kappa shape index (κ1) is 12.8. The molecule has 0 fully saturated rings. The molecule has 1 heterocycles. The Morgan fingerprint density at radius 3 is 2.16 bits per heavy atom. The van der Waals surface area contributed by atoms with Crippen molar-refractivity contribution in [1.29, 1.82) is 0 Å². The SMILES string of the molecule is Cc1cc(C)cc(-n2c(=O)cc(C(=O)O)[nH]c2=O)c1. The molecule has 0 bridgehead atoms. The summed E-state index contributed by atoms with van der Waals surface area (Å²) in [7, 11) is 0. The summed E-state index contributed by atoms with van der Waals surface area (Å²) in [6.07, 6.45) is 0. The highest BCUT2D eigenvalue weighted by atomic mass is 16.4. The van der Waals surface area contributed by atoms with Crippen LogP contribution in [0, 0.1) is 13.8 Å². The molecule has 19 heavy (non-hydrogen) atoms. The van der Waals surface area contributed by atoms with Crippen molar-refractivity contribution < 1.29 is 9.90 Å². The molecule has 0 aliphatic carbocycles. The zero-order valence-corrected chi connectivity index (χ0v) is 10.4. The molecule has 0 aliphatic rings. The Morgan fingerprint density at radius 2 is 1.68 bits per heavy atom. The first-order valence-electron chi connectivity index (χ1n) is 5.57. The fourth-order valence-electron chi connectivity index (χ4n) is 1.93. The summed E-state index contributed by atoms with van der Waals surface area (Å²) in [6, 6.07) is 6.17. The van der Waals surface area contributed by atoms with Crippen molar-refractivity contribution in [3.05, 3.63) is 61.9 Å². The molecule has 2 aromatic rings. The third-order valence-electron chi connectivity index (χ3n) is 2.63. The van der Waals surface area contributed by atoms with Crippen molar-refractivity contribution in [2.45, 2.75) is 13.8 Å². The minimum atomic E-state index is -1.35. The molecular weight excluding hydrogens is 248 g/mol. The van der Waals surface area contributed by atoms with E-state index in [0.29, 0.717) is 5.69 Å². The number of carboxylic acid groups (broad SMARTS) is 1. The number of benzene rings is 1. The largest absolute Gasteiger partial charge is 0.477 e. The van der Waals surface area contributed by atoms with Gasteiger partial charge in [-0.25, -0.2) is 14.2 Å². The Kier molecular flexibility index (Phi) is 3.08. The Hall–Kier alpha value is -2.63. The van der Waals surface area contributed by atoms with Crippen molar-refractivity contribution in [2.24, 2.45) is 0 Å². The van der Waals surface area contributed by atoms with Gasteiger partial charge in [0.05, 0.1) is 5.69 Å². The van der Waals surface area contributed by atoms with Crippen molar-refractivity contribution in [3.63, 3.8) is 0 Å². The van der Waals surface area contributed by atoms with Crippen LogP contribution in [0.15, 0.2) is 33.9 Å². The summed E-state index contributed by atoms with van der Waals surface area (Å²) in [5, 5.41) is 8.77. The molecule has 98 valence electrons. The number of rotatable bonds is 2. The minimum absolute atomic E-state index is 0.417. The maximum atomic E-state index is 11.9. The van der Waals surface area contributed by atoms with Crippen LogP contribution in [0.3, 0.4) is 0 Å². The standard InChI is InChI=1S/C13H12N2O4/c1-7-3-8(2)5-9(4-7)15-11(16)6-10(12(17)18)14-13(15)19/h3-6H,1-2H3,(H,14,19)(H,17,18). The van der Waals surface area contributed by atoms with Crippen LogP contribution in [0.25, 0.3) is 5.69 Å². The zero-order chi connectivity index (χ0) is 14.2.